The largest absolute Gasteiger partial charge is 0.489 e. The Morgan fingerprint density at radius 1 is 1.27 bits per heavy atom. The van der Waals surface area contributed by atoms with E-state index in [1.54, 1.807) is 12.1 Å². The molecule has 1 N–H and O–H groups in total. The number of benzene rings is 1. The van der Waals surface area contributed by atoms with E-state index in [9.17, 15) is 4.79 Å². The van der Waals surface area contributed by atoms with Gasteiger partial charge < -0.3 is 15.0 Å². The Balaban J connectivity index is 1.31. The molecule has 6 heteroatoms. The monoisotopic (exact) mass is 390 g/mol. The summed E-state index contributed by atoms with van der Waals surface area (Å²) in [4.78, 5) is 15.8. The number of carbonyl (C=O) groups is 1. The van der Waals surface area contributed by atoms with Crippen molar-refractivity contribution in [2.24, 2.45) is 0 Å². The predicted molar refractivity (Wildman–Crippen MR) is 105 cm³/mol. The van der Waals surface area contributed by atoms with Gasteiger partial charge in [0.25, 0.3) is 5.91 Å². The maximum Gasteiger partial charge on any atom is 0.261 e. The van der Waals surface area contributed by atoms with Crippen molar-refractivity contribution in [2.45, 2.75) is 50.4 Å². The molecule has 26 heavy (non-hydrogen) atoms. The number of nitrogens with zero attached hydrogens (tertiary/aromatic N) is 1. The van der Waals surface area contributed by atoms with E-state index in [2.05, 4.69) is 17.3 Å². The van der Waals surface area contributed by atoms with Crippen LogP contribution in [0.5, 0.6) is 5.75 Å². The Morgan fingerprint density at radius 3 is 2.65 bits per heavy atom. The molecule has 2 atom stereocenters. The lowest BCUT2D eigenvalue weighted by atomic mass is 9.98. The number of piperidine rings is 1. The van der Waals surface area contributed by atoms with E-state index >= 15 is 0 Å². The molecule has 2 bridgehead atoms. The molecule has 0 aliphatic carbocycles. The van der Waals surface area contributed by atoms with Crippen LogP contribution in [0.1, 0.15) is 40.9 Å². The van der Waals surface area contributed by atoms with Crippen LogP contribution in [-0.4, -0.2) is 36.0 Å². The van der Waals surface area contributed by atoms with Crippen molar-refractivity contribution < 1.29 is 9.53 Å². The van der Waals surface area contributed by atoms with E-state index in [4.69, 9.17) is 16.3 Å². The van der Waals surface area contributed by atoms with E-state index in [1.807, 2.05) is 23.6 Å². The second kappa shape index (κ2) is 7.59. The van der Waals surface area contributed by atoms with Gasteiger partial charge in [-0.2, -0.15) is 0 Å². The van der Waals surface area contributed by atoms with Gasteiger partial charge in [0, 0.05) is 28.7 Å². The number of nitrogens with one attached hydrogen (secondary N) is 1. The Labute approximate surface area is 163 Å². The number of hydrogen-bond acceptors (Lipinski definition) is 4. The Morgan fingerprint density at radius 2 is 1.96 bits per heavy atom. The summed E-state index contributed by atoms with van der Waals surface area (Å²) in [6.07, 6.45) is 4.66. The SMILES string of the molecule is CN1C2CCC1CC(NC(=O)c1cc(COc3ccc(Cl)cc3)cs1)C2. The van der Waals surface area contributed by atoms with Gasteiger partial charge in [-0.15, -0.1) is 11.3 Å². The average Bonchev–Trinajstić information content (AvgIpc) is 3.17. The maximum atomic E-state index is 12.6. The highest BCUT2D eigenvalue weighted by Crippen LogP contribution is 2.34. The van der Waals surface area contributed by atoms with Crippen molar-refractivity contribution in [3.63, 3.8) is 0 Å². The van der Waals surface area contributed by atoms with Gasteiger partial charge in [0.1, 0.15) is 12.4 Å². The molecule has 1 amide bonds. The van der Waals surface area contributed by atoms with E-state index in [-0.39, 0.29) is 5.91 Å². The van der Waals surface area contributed by atoms with E-state index in [1.165, 1.54) is 24.2 Å². The van der Waals surface area contributed by atoms with Crippen molar-refractivity contribution in [3.8, 4) is 5.75 Å². The number of fused-ring (bicyclic) bond motifs is 2. The van der Waals surface area contributed by atoms with Gasteiger partial charge in [-0.25, -0.2) is 0 Å². The average molecular weight is 391 g/mol. The lowest BCUT2D eigenvalue weighted by molar-refractivity contribution is 0.0886. The van der Waals surface area contributed by atoms with Crippen molar-refractivity contribution in [2.75, 3.05) is 7.05 Å². The quantitative estimate of drug-likeness (QED) is 0.825. The lowest BCUT2D eigenvalue weighted by Gasteiger charge is -2.36. The molecule has 2 aliphatic heterocycles. The number of rotatable bonds is 5. The smallest absolute Gasteiger partial charge is 0.261 e. The topological polar surface area (TPSA) is 41.6 Å². The normalized spacial score (nSPS) is 25.2. The zero-order valence-electron chi connectivity index (χ0n) is 14.8. The minimum absolute atomic E-state index is 0.0432. The summed E-state index contributed by atoms with van der Waals surface area (Å²) in [5.74, 6) is 0.815. The summed E-state index contributed by atoms with van der Waals surface area (Å²) in [5.41, 5.74) is 1.01. The van der Waals surface area contributed by atoms with Crippen molar-refractivity contribution in [3.05, 3.63) is 51.2 Å². The number of thiophene rings is 1. The standard InChI is InChI=1S/C20H23ClN2O2S/c1-23-16-4-5-17(23)10-15(9-16)22-20(24)19-8-13(12-26-19)11-25-18-6-2-14(21)3-7-18/h2-3,6-8,12,15-17H,4-5,9-11H2,1H3,(H,22,24). The first kappa shape index (κ1) is 17.8. The number of hydrogen-bond donors (Lipinski definition) is 1. The van der Waals surface area contributed by atoms with Crippen LogP contribution in [-0.2, 0) is 6.61 Å². The highest BCUT2D eigenvalue weighted by atomic mass is 35.5. The van der Waals surface area contributed by atoms with Gasteiger partial charge >= 0.3 is 0 Å². The summed E-state index contributed by atoms with van der Waals surface area (Å²) in [5, 5.41) is 5.92. The molecule has 2 aromatic rings. The molecule has 2 aliphatic rings. The molecule has 1 aromatic carbocycles. The lowest BCUT2D eigenvalue weighted by Crippen LogP contribution is -2.48. The predicted octanol–water partition coefficient (Wildman–Crippen LogP) is 4.34. The van der Waals surface area contributed by atoms with E-state index in [0.717, 1.165) is 29.0 Å². The van der Waals surface area contributed by atoms with Gasteiger partial charge in [0.05, 0.1) is 4.88 Å². The molecule has 2 unspecified atom stereocenters. The fourth-order valence-electron chi connectivity index (χ4n) is 4.05. The minimum atomic E-state index is 0.0432. The van der Waals surface area contributed by atoms with Gasteiger partial charge in [-0.3, -0.25) is 4.79 Å². The van der Waals surface area contributed by atoms with Crippen LogP contribution in [0.25, 0.3) is 0 Å². The van der Waals surface area contributed by atoms with Crippen molar-refractivity contribution in [1.82, 2.24) is 10.2 Å². The van der Waals surface area contributed by atoms with Crippen LogP contribution in [0.4, 0.5) is 0 Å². The van der Waals surface area contributed by atoms with Gasteiger partial charge in [0.2, 0.25) is 0 Å². The molecule has 0 radical (unpaired) electrons. The summed E-state index contributed by atoms with van der Waals surface area (Å²) >= 11 is 7.35. The van der Waals surface area contributed by atoms with E-state index in [0.29, 0.717) is 29.8 Å². The van der Waals surface area contributed by atoms with Gasteiger partial charge in [-0.1, -0.05) is 11.6 Å². The third-order valence-corrected chi connectivity index (χ3v) is 6.76. The van der Waals surface area contributed by atoms with Crippen molar-refractivity contribution >= 4 is 28.8 Å². The van der Waals surface area contributed by atoms with Crippen LogP contribution >= 0.6 is 22.9 Å². The molecule has 3 heterocycles. The van der Waals surface area contributed by atoms with E-state index < -0.39 is 0 Å². The fourth-order valence-corrected chi connectivity index (χ4v) is 4.98. The maximum absolute atomic E-state index is 12.6. The Bertz CT molecular complexity index is 762. The number of amides is 1. The number of carbonyl (C=O) groups excluding carboxylic acids is 1. The molecule has 4 rings (SSSR count). The summed E-state index contributed by atoms with van der Waals surface area (Å²) in [6, 6.07) is 10.8. The van der Waals surface area contributed by atoms with Crippen LogP contribution in [0.2, 0.25) is 5.02 Å². The highest BCUT2D eigenvalue weighted by molar-refractivity contribution is 7.12. The second-order valence-corrected chi connectivity index (χ2v) is 8.60. The van der Waals surface area contributed by atoms with Crippen LogP contribution in [0, 0.1) is 0 Å². The number of ether oxygens (including phenoxy) is 1. The summed E-state index contributed by atoms with van der Waals surface area (Å²) in [6.45, 7) is 0.448. The summed E-state index contributed by atoms with van der Waals surface area (Å²) in [7, 11) is 2.21. The zero-order chi connectivity index (χ0) is 18.1. The summed E-state index contributed by atoms with van der Waals surface area (Å²) < 4.78 is 5.75. The van der Waals surface area contributed by atoms with Crippen LogP contribution in [0.15, 0.2) is 35.7 Å². The second-order valence-electron chi connectivity index (χ2n) is 7.25. The third kappa shape index (κ3) is 3.90. The first-order chi connectivity index (χ1) is 12.6. The first-order valence-corrected chi connectivity index (χ1v) is 10.3. The minimum Gasteiger partial charge on any atom is -0.489 e. The molecule has 2 fully saturated rings. The third-order valence-electron chi connectivity index (χ3n) is 5.53. The molecule has 1 aromatic heterocycles. The van der Waals surface area contributed by atoms with Crippen molar-refractivity contribution in [1.29, 1.82) is 0 Å². The Kier molecular flexibility index (Phi) is 5.20. The van der Waals surface area contributed by atoms with Gasteiger partial charge in [-0.05, 0) is 68.4 Å². The van der Waals surface area contributed by atoms with Crippen LogP contribution in [0.3, 0.4) is 0 Å². The van der Waals surface area contributed by atoms with Crippen LogP contribution < -0.4 is 10.1 Å². The molecular weight excluding hydrogens is 368 g/mol. The fraction of sp³-hybridized carbons (Fsp3) is 0.450. The molecular formula is C20H23ClN2O2S. The molecule has 0 saturated carbocycles. The molecule has 0 spiro atoms. The Hall–Kier alpha value is -1.56. The van der Waals surface area contributed by atoms with Gasteiger partial charge in [0.15, 0.2) is 0 Å². The highest BCUT2D eigenvalue weighted by Gasteiger charge is 2.38. The number of halogens is 1. The first-order valence-electron chi connectivity index (χ1n) is 9.07. The zero-order valence-corrected chi connectivity index (χ0v) is 16.4. The molecule has 2 saturated heterocycles. The molecule has 138 valence electrons. The molecule has 4 nitrogen and oxygen atoms in total.